The third-order valence-corrected chi connectivity index (χ3v) is 8.80. The monoisotopic (exact) mass is 768 g/mol. The van der Waals surface area contributed by atoms with Gasteiger partial charge in [0.1, 0.15) is 0 Å². The van der Waals surface area contributed by atoms with Gasteiger partial charge in [-0.2, -0.15) is 12.1 Å². The van der Waals surface area contributed by atoms with E-state index in [1.54, 1.807) is 23.3 Å². The van der Waals surface area contributed by atoms with Crippen LogP contribution >= 0.6 is 0 Å². The second kappa shape index (κ2) is 18.7. The summed E-state index contributed by atoms with van der Waals surface area (Å²) in [4.78, 5) is 0. The molecule has 1 unspecified atom stereocenters. The van der Waals surface area contributed by atoms with Crippen LogP contribution in [0.15, 0.2) is 109 Å². The minimum absolute atomic E-state index is 0. The van der Waals surface area contributed by atoms with Crippen LogP contribution in [0.2, 0.25) is 13.1 Å². The summed E-state index contributed by atoms with van der Waals surface area (Å²) in [6.07, 6.45) is 1.19. The van der Waals surface area contributed by atoms with Gasteiger partial charge in [-0.1, -0.05) is 127 Å². The average Bonchev–Trinajstić information content (AvgIpc) is 3.63. The smallest absolute Gasteiger partial charge is 1.00 e. The van der Waals surface area contributed by atoms with Gasteiger partial charge in [0.15, 0.2) is 0 Å². The summed E-state index contributed by atoms with van der Waals surface area (Å²) in [6, 6.07) is 40.5. The van der Waals surface area contributed by atoms with E-state index in [0.717, 1.165) is 0 Å². The van der Waals surface area contributed by atoms with Crippen molar-refractivity contribution in [3.63, 3.8) is 0 Å². The predicted molar refractivity (Wildman–Crippen MR) is 204 cm³/mol. The van der Waals surface area contributed by atoms with Gasteiger partial charge in [0.2, 0.25) is 0 Å². The van der Waals surface area contributed by atoms with E-state index in [1.165, 1.54) is 72.5 Å². The Balaban J connectivity index is 0.000000290. The average molecular weight is 771 g/mol. The Morgan fingerprint density at radius 2 is 1.15 bits per heavy atom. The molecule has 0 aliphatic carbocycles. The van der Waals surface area contributed by atoms with Crippen LogP contribution in [0.4, 0.5) is 0 Å². The van der Waals surface area contributed by atoms with E-state index in [2.05, 4.69) is 178 Å². The van der Waals surface area contributed by atoms with Gasteiger partial charge in [-0.15, -0.1) is 69.1 Å². The summed E-state index contributed by atoms with van der Waals surface area (Å²) in [5.74, 6) is 1.21. The standard InChI is InChI=1S/C22H25.C20H21.C2H6Si.2ClH.Zr/c1-15(2)18-13-17-7-6-8-20(21(17)14-18)16-9-11-19(12-10-16)22(3,4)5;1-4-15(3)16-8-10-17(11-9-16)19-7-5-6-18-12-14(2)13-20(18)19;1-3-2;;;/h6-15H,1-5H3;5-13,15H,4H2,1-3H3;1-2H3;2*1H;/q2*-1;;;;+2/p-2. The first-order valence-electron chi connectivity index (χ1n) is 16.9. The van der Waals surface area contributed by atoms with Crippen LogP contribution in [0.1, 0.15) is 89.0 Å². The van der Waals surface area contributed by atoms with Gasteiger partial charge in [0.05, 0.1) is 0 Å². The van der Waals surface area contributed by atoms with Crippen LogP contribution in [0, 0.1) is 6.92 Å². The van der Waals surface area contributed by atoms with E-state index < -0.39 is 0 Å². The molecule has 6 aromatic rings. The van der Waals surface area contributed by atoms with Gasteiger partial charge in [-0.05, 0) is 45.9 Å². The van der Waals surface area contributed by atoms with Crippen molar-refractivity contribution in [1.82, 2.24) is 0 Å². The molecule has 252 valence electrons. The fourth-order valence-corrected chi connectivity index (χ4v) is 5.86. The Bertz CT molecular complexity index is 1880. The molecule has 0 fully saturated rings. The summed E-state index contributed by atoms with van der Waals surface area (Å²) in [7, 11) is 0. The van der Waals surface area contributed by atoms with Gasteiger partial charge in [0, 0.05) is 0 Å². The van der Waals surface area contributed by atoms with Gasteiger partial charge in [-0.25, -0.2) is 0 Å². The van der Waals surface area contributed by atoms with E-state index in [9.17, 15) is 0 Å². The molecule has 0 amide bonds. The van der Waals surface area contributed by atoms with Crippen molar-refractivity contribution in [3.8, 4) is 22.3 Å². The number of fused-ring (bicyclic) bond motifs is 2. The van der Waals surface area contributed by atoms with Crippen molar-refractivity contribution in [1.29, 1.82) is 0 Å². The number of aryl methyl sites for hydroxylation is 1. The van der Waals surface area contributed by atoms with Gasteiger partial charge < -0.3 is 24.8 Å². The Hall–Kier alpha value is -2.22. The first-order valence-corrected chi connectivity index (χ1v) is 23.1. The molecule has 4 heteroatoms. The van der Waals surface area contributed by atoms with Crippen LogP contribution < -0.4 is 24.8 Å². The minimum atomic E-state index is 0. The van der Waals surface area contributed by atoms with Crippen molar-refractivity contribution < 1.29 is 48.1 Å². The van der Waals surface area contributed by atoms with Crippen molar-refractivity contribution >= 4 is 27.0 Å². The van der Waals surface area contributed by atoms with Crippen molar-refractivity contribution in [2.45, 2.75) is 92.2 Å². The summed E-state index contributed by atoms with van der Waals surface area (Å²) < 4.78 is 0. The van der Waals surface area contributed by atoms with Gasteiger partial charge >= 0.3 is 41.9 Å². The van der Waals surface area contributed by atoms with Crippen molar-refractivity contribution in [2.75, 3.05) is 0 Å². The Labute approximate surface area is 318 Å². The van der Waals surface area contributed by atoms with E-state index in [1.807, 2.05) is 0 Å². The fraction of sp³-hybridized carbons (Fsp3) is 0.318. The quantitative estimate of drug-likeness (QED) is 0.126. The van der Waals surface area contributed by atoms with E-state index in [4.69, 9.17) is 0 Å². The molecule has 0 heterocycles. The molecule has 0 bridgehead atoms. The SMILES string of the molecule is CC(C)c1cc2c(-c3ccc(C(C)(C)C)cc3)cccc2[cH-]1.CCC(C)c1ccc(-c2cccc3[cH-]c(C)cc23)cc1.C[Si](C)=[Zr+2].[Cl-].[Cl-]. The normalized spacial score (nSPS) is 11.5. The maximum absolute atomic E-state index is 2.35. The predicted octanol–water partition coefficient (Wildman–Crippen LogP) is 7.49. The molecule has 6 aromatic carbocycles. The minimum Gasteiger partial charge on any atom is -1.00 e. The number of hydrogen-bond donors (Lipinski definition) is 0. The van der Waals surface area contributed by atoms with Crippen LogP contribution in [-0.4, -0.2) is 5.43 Å². The van der Waals surface area contributed by atoms with Crippen LogP contribution in [0.25, 0.3) is 43.8 Å². The molecule has 0 spiro atoms. The van der Waals surface area contributed by atoms with Crippen LogP contribution in [0.3, 0.4) is 0 Å². The topological polar surface area (TPSA) is 0 Å². The summed E-state index contributed by atoms with van der Waals surface area (Å²) >= 11 is 1.74. The molecule has 48 heavy (non-hydrogen) atoms. The van der Waals surface area contributed by atoms with Gasteiger partial charge in [0.25, 0.3) is 0 Å². The molecule has 0 nitrogen and oxygen atoms in total. The second-order valence-corrected chi connectivity index (χ2v) is 23.7. The number of halogens is 2. The van der Waals surface area contributed by atoms with Gasteiger partial charge in [-0.3, -0.25) is 0 Å². The Morgan fingerprint density at radius 1 is 0.688 bits per heavy atom. The van der Waals surface area contributed by atoms with Crippen molar-refractivity contribution in [3.05, 3.63) is 131 Å². The van der Waals surface area contributed by atoms with E-state index >= 15 is 0 Å². The second-order valence-electron chi connectivity index (χ2n) is 14.4. The largest absolute Gasteiger partial charge is 1.00 e. The molecule has 0 N–H and O–H groups in total. The summed E-state index contributed by atoms with van der Waals surface area (Å²) in [5.41, 5.74) is 11.3. The molecule has 1 atom stereocenters. The molecule has 0 radical (unpaired) electrons. The Morgan fingerprint density at radius 3 is 1.60 bits per heavy atom. The maximum Gasteiger partial charge on any atom is -1.00 e. The van der Waals surface area contributed by atoms with Crippen LogP contribution in [0.5, 0.6) is 0 Å². The van der Waals surface area contributed by atoms with Crippen molar-refractivity contribution in [2.24, 2.45) is 0 Å². The third kappa shape index (κ3) is 10.9. The first kappa shape index (κ1) is 41.9. The Kier molecular flexibility index (Phi) is 16.3. The zero-order valence-electron chi connectivity index (χ0n) is 30.5. The molecule has 0 aliphatic heterocycles. The molecule has 0 saturated heterocycles. The number of rotatable bonds is 5. The maximum atomic E-state index is 2.35. The first-order chi connectivity index (χ1) is 21.8. The van der Waals surface area contributed by atoms with E-state index in [0.29, 0.717) is 11.8 Å². The van der Waals surface area contributed by atoms with E-state index in [-0.39, 0.29) is 35.7 Å². The zero-order valence-corrected chi connectivity index (χ0v) is 35.5. The molecule has 0 aliphatic rings. The third-order valence-electron chi connectivity index (χ3n) is 8.80. The molecular formula is C44H52Cl2SiZr-2. The fourth-order valence-electron chi connectivity index (χ4n) is 5.86. The molecular weight excluding hydrogens is 719 g/mol. The number of benzene rings is 4. The summed E-state index contributed by atoms with van der Waals surface area (Å²) in [6.45, 7) is 22.6. The summed E-state index contributed by atoms with van der Waals surface area (Å²) in [5, 5.41) is 5.42. The molecule has 0 saturated carbocycles. The van der Waals surface area contributed by atoms with Crippen LogP contribution in [-0.2, 0) is 28.8 Å². The molecule has 0 aromatic heterocycles. The number of hydrogen-bond acceptors (Lipinski definition) is 0. The zero-order chi connectivity index (χ0) is 33.6. The molecule has 6 rings (SSSR count).